The van der Waals surface area contributed by atoms with E-state index < -0.39 is 14.1 Å². The normalized spacial score (nSPS) is 12.5. The molecule has 0 aliphatic carbocycles. The summed E-state index contributed by atoms with van der Waals surface area (Å²) in [5.41, 5.74) is 0. The number of rotatable bonds is 5. The number of hydrogen-bond acceptors (Lipinski definition) is 3. The molecule has 0 aromatic rings. The maximum atomic E-state index is 12.0. The molecule has 0 fully saturated rings. The predicted molar refractivity (Wildman–Crippen MR) is 38.4 cm³/mol. The van der Waals surface area contributed by atoms with Gasteiger partial charge in [-0.1, -0.05) is 0 Å². The molecule has 6 heteroatoms. The van der Waals surface area contributed by atoms with Crippen LogP contribution in [0.5, 0.6) is 0 Å². The molecule has 0 spiro atoms. The summed E-state index contributed by atoms with van der Waals surface area (Å²) in [6, 6.07) is 0. The molecule has 0 unspecified atom stereocenters. The molecular weight excluding hydrogens is 177 g/mol. The van der Waals surface area contributed by atoms with Crippen LogP contribution in [0.15, 0.2) is 0 Å². The fourth-order valence-corrected chi connectivity index (χ4v) is 1.56. The topological polar surface area (TPSA) is 38.7 Å². The minimum absolute atomic E-state index is 0.0224. The first-order valence-electron chi connectivity index (χ1n) is 3.25. The van der Waals surface area contributed by atoms with Gasteiger partial charge in [-0.15, -0.1) is 0 Å². The van der Waals surface area contributed by atoms with E-state index in [0.717, 1.165) is 0 Å². The maximum absolute atomic E-state index is 12.0. The highest BCUT2D eigenvalue weighted by atomic mass is 31.2. The Balaban J connectivity index is 4.01. The maximum Gasteiger partial charge on any atom is 0.480 e. The minimum atomic E-state index is -3.87. The van der Waals surface area contributed by atoms with E-state index in [2.05, 4.69) is 9.05 Å². The van der Waals surface area contributed by atoms with Crippen molar-refractivity contribution in [3.05, 3.63) is 0 Å². The summed E-state index contributed by atoms with van der Waals surface area (Å²) in [6.45, 7) is 3.09. The van der Waals surface area contributed by atoms with E-state index in [-0.39, 0.29) is 13.2 Å². The van der Waals surface area contributed by atoms with Crippen LogP contribution in [0, 0.1) is 0 Å². The van der Waals surface area contributed by atoms with Crippen LogP contribution in [0.1, 0.15) is 13.8 Å². The smallest absolute Gasteiger partial charge is 0.188 e. The lowest BCUT2D eigenvalue weighted by Crippen LogP contribution is -2.10. The number of halogens is 2. The quantitative estimate of drug-likeness (QED) is 0.672. The van der Waals surface area contributed by atoms with Gasteiger partial charge in [-0.05, 0) is 13.8 Å². The highest BCUT2D eigenvalue weighted by molar-refractivity contribution is 7.60. The van der Waals surface area contributed by atoms with E-state index in [0.29, 0.717) is 0 Å². The molecule has 0 aromatic heterocycles. The molecule has 0 saturated carbocycles. The van der Waals surface area contributed by atoms with Crippen LogP contribution in [0.25, 0.3) is 0 Å². The summed E-state index contributed by atoms with van der Waals surface area (Å²) in [4.78, 5) is 9.01. The van der Waals surface area contributed by atoms with Crippen molar-refractivity contribution >= 4 is 7.94 Å². The molecule has 1 N–H and O–H groups in total. The summed E-state index contributed by atoms with van der Waals surface area (Å²) in [6.07, 6.45) is -2.94. The van der Waals surface area contributed by atoms with Crippen molar-refractivity contribution in [2.24, 2.45) is 0 Å². The third-order valence-electron chi connectivity index (χ3n) is 0.875. The Morgan fingerprint density at radius 3 is 1.82 bits per heavy atom. The largest absolute Gasteiger partial charge is 0.480 e. The molecule has 11 heavy (non-hydrogen) atoms. The Hall–Kier alpha value is 0.170. The van der Waals surface area contributed by atoms with Crippen molar-refractivity contribution in [3.63, 3.8) is 0 Å². The molecule has 0 atom stereocenters. The molecule has 0 aromatic carbocycles. The molecule has 0 heterocycles. The molecule has 0 amide bonds. The van der Waals surface area contributed by atoms with E-state index in [4.69, 9.17) is 4.89 Å². The van der Waals surface area contributed by atoms with Gasteiger partial charge < -0.3 is 0 Å². The molecule has 0 rings (SSSR count). The van der Waals surface area contributed by atoms with Crippen LogP contribution in [0.2, 0.25) is 0 Å². The molecule has 0 aliphatic rings. The van der Waals surface area contributed by atoms with E-state index in [9.17, 15) is 8.78 Å². The Labute approximate surface area is 64.9 Å². The first-order chi connectivity index (χ1) is 5.06. The summed E-state index contributed by atoms with van der Waals surface area (Å²) in [7, 11) is -3.87. The molecule has 0 saturated heterocycles. The first-order valence-corrected chi connectivity index (χ1v) is 4.90. The zero-order valence-electron chi connectivity index (χ0n) is 6.46. The molecule has 0 aliphatic heterocycles. The monoisotopic (exact) mass is 189 g/mol. The Kier molecular flexibility index (Phi) is 5.01. The summed E-state index contributed by atoms with van der Waals surface area (Å²) in [5, 5.41) is 0. The van der Waals surface area contributed by atoms with E-state index in [1.54, 1.807) is 0 Å². The highest BCUT2D eigenvalue weighted by Crippen LogP contribution is 2.62. The van der Waals surface area contributed by atoms with Gasteiger partial charge in [0.15, 0.2) is 0 Å². The first kappa shape index (κ1) is 11.2. The van der Waals surface area contributed by atoms with Gasteiger partial charge in [0, 0.05) is 0 Å². The van der Waals surface area contributed by atoms with Gasteiger partial charge in [0.05, 0.1) is 13.2 Å². The van der Waals surface area contributed by atoms with Gasteiger partial charge in [0.25, 0.3) is 0 Å². The average Bonchev–Trinajstić information content (AvgIpc) is 1.88. The number of alkyl halides is 2. The lowest BCUT2D eigenvalue weighted by Gasteiger charge is -2.13. The van der Waals surface area contributed by atoms with Crippen molar-refractivity contribution in [2.45, 2.75) is 20.0 Å². The van der Waals surface area contributed by atoms with Crippen LogP contribution in [0.4, 0.5) is 8.78 Å². The molecule has 0 radical (unpaired) electrons. The van der Waals surface area contributed by atoms with Crippen LogP contribution in [-0.4, -0.2) is 24.3 Å². The third-order valence-corrected chi connectivity index (χ3v) is 2.62. The second kappa shape index (κ2) is 4.93. The van der Waals surface area contributed by atoms with Gasteiger partial charge in [-0.3, -0.25) is 0 Å². The standard InChI is InChI=1S/C5H12F2O3P/c1-3-9-11(8,5(6)7)10-4-2/h5,8H,3-4H2,1-2H3/q+1. The van der Waals surface area contributed by atoms with Crippen LogP contribution in [0.3, 0.4) is 0 Å². The molecule has 3 nitrogen and oxygen atoms in total. The van der Waals surface area contributed by atoms with Gasteiger partial charge >= 0.3 is 14.1 Å². The van der Waals surface area contributed by atoms with Gasteiger partial charge in [0.2, 0.25) is 0 Å². The second-order valence-electron chi connectivity index (χ2n) is 1.68. The summed E-state index contributed by atoms with van der Waals surface area (Å²) >= 11 is 0. The van der Waals surface area contributed by atoms with Gasteiger partial charge in [-0.25, -0.2) is 0 Å². The fraction of sp³-hybridized carbons (Fsp3) is 1.00. The van der Waals surface area contributed by atoms with Crippen LogP contribution >= 0.6 is 7.94 Å². The lowest BCUT2D eigenvalue weighted by molar-refractivity contribution is 0.110. The molecule has 0 bridgehead atoms. The van der Waals surface area contributed by atoms with E-state index >= 15 is 0 Å². The third kappa shape index (κ3) is 3.38. The second-order valence-corrected chi connectivity index (χ2v) is 3.71. The van der Waals surface area contributed by atoms with Gasteiger partial charge in [0.1, 0.15) is 0 Å². The predicted octanol–water partition coefficient (Wildman–Crippen LogP) is 2.04. The average molecular weight is 189 g/mol. The van der Waals surface area contributed by atoms with Crippen molar-refractivity contribution in [3.8, 4) is 0 Å². The van der Waals surface area contributed by atoms with E-state index in [1.807, 2.05) is 0 Å². The summed E-state index contributed by atoms with van der Waals surface area (Å²) < 4.78 is 32.9. The molecule has 68 valence electrons. The summed E-state index contributed by atoms with van der Waals surface area (Å²) in [5.74, 6) is 0. The minimum Gasteiger partial charge on any atom is -0.188 e. The van der Waals surface area contributed by atoms with Crippen molar-refractivity contribution in [2.75, 3.05) is 13.2 Å². The Morgan fingerprint density at radius 1 is 1.27 bits per heavy atom. The Morgan fingerprint density at radius 2 is 1.64 bits per heavy atom. The van der Waals surface area contributed by atoms with Crippen molar-refractivity contribution in [1.29, 1.82) is 0 Å². The molecular formula is C5H12F2O3P+. The zero-order valence-corrected chi connectivity index (χ0v) is 7.35. The fourth-order valence-electron chi connectivity index (χ4n) is 0.520. The highest BCUT2D eigenvalue weighted by Gasteiger charge is 2.52. The zero-order chi connectivity index (χ0) is 8.91. The Bertz CT molecular complexity index is 106. The SMILES string of the molecule is CCO[P+](O)(OCC)C(F)F. The van der Waals surface area contributed by atoms with Gasteiger partial charge in [-0.2, -0.15) is 22.7 Å². The van der Waals surface area contributed by atoms with Crippen molar-refractivity contribution < 1.29 is 22.7 Å². The van der Waals surface area contributed by atoms with Crippen LogP contribution < -0.4 is 0 Å². The van der Waals surface area contributed by atoms with E-state index in [1.165, 1.54) is 13.8 Å². The lowest BCUT2D eigenvalue weighted by atomic mass is 10.9. The number of hydrogen-bond donors (Lipinski definition) is 1. The van der Waals surface area contributed by atoms with Crippen LogP contribution in [-0.2, 0) is 9.05 Å². The van der Waals surface area contributed by atoms with Crippen molar-refractivity contribution in [1.82, 2.24) is 0 Å².